The number of benzene rings is 3. The van der Waals surface area contributed by atoms with E-state index in [1.165, 1.54) is 44.4 Å². The molecular formula is C35H30F2N4O4S. The molecule has 6 rings (SSSR count). The Labute approximate surface area is 264 Å². The summed E-state index contributed by atoms with van der Waals surface area (Å²) < 4.78 is 61.4. The number of aromatic nitrogens is 2. The lowest BCUT2D eigenvalue weighted by atomic mass is 9.98. The Morgan fingerprint density at radius 3 is 2.39 bits per heavy atom. The Bertz CT molecular complexity index is 2300. The lowest BCUT2D eigenvalue weighted by Crippen LogP contribution is -2.25. The number of rotatable bonds is 7. The van der Waals surface area contributed by atoms with E-state index in [9.17, 15) is 22.0 Å². The van der Waals surface area contributed by atoms with E-state index in [-0.39, 0.29) is 28.4 Å². The summed E-state index contributed by atoms with van der Waals surface area (Å²) >= 11 is 0. The first-order chi connectivity index (χ1) is 21.8. The minimum Gasteiger partial charge on any atom is -0.455 e. The predicted molar refractivity (Wildman–Crippen MR) is 178 cm³/mol. The number of furan rings is 1. The van der Waals surface area contributed by atoms with E-state index < -0.39 is 21.7 Å². The van der Waals surface area contributed by atoms with Crippen molar-refractivity contribution in [3.05, 3.63) is 101 Å². The average Bonchev–Trinajstić information content (AvgIpc) is 3.62. The Morgan fingerprint density at radius 1 is 1.00 bits per heavy atom. The van der Waals surface area contributed by atoms with Crippen LogP contribution in [0.5, 0.6) is 0 Å². The lowest BCUT2D eigenvalue weighted by molar-refractivity contribution is 0.0964. The van der Waals surface area contributed by atoms with Gasteiger partial charge in [-0.1, -0.05) is 17.7 Å². The van der Waals surface area contributed by atoms with Crippen LogP contribution >= 0.6 is 0 Å². The van der Waals surface area contributed by atoms with Crippen LogP contribution in [-0.2, 0) is 10.0 Å². The summed E-state index contributed by atoms with van der Waals surface area (Å²) in [7, 11) is -0.853. The highest BCUT2D eigenvalue weighted by Crippen LogP contribution is 2.42. The summed E-state index contributed by atoms with van der Waals surface area (Å²) in [4.78, 5) is 21.3. The molecule has 0 bridgehead atoms. The Hall–Kier alpha value is -5.29. The molecule has 0 aliphatic rings. The third kappa shape index (κ3) is 5.54. The number of fused-ring (bicyclic) bond motifs is 2. The molecule has 3 aromatic carbocycles. The first-order valence-corrected chi connectivity index (χ1v) is 16.2. The molecule has 3 aromatic heterocycles. The van der Waals surface area contributed by atoms with Crippen LogP contribution in [0, 0.1) is 11.6 Å². The molecule has 0 atom stereocenters. The summed E-state index contributed by atoms with van der Waals surface area (Å²) in [6.07, 6.45) is 4.71. The van der Waals surface area contributed by atoms with Crippen LogP contribution in [0.3, 0.4) is 0 Å². The van der Waals surface area contributed by atoms with Crippen molar-refractivity contribution in [1.29, 1.82) is 0 Å². The molecule has 11 heteroatoms. The number of carbonyl (C=O) groups excluding carboxylic acids is 1. The highest BCUT2D eigenvalue weighted by atomic mass is 32.2. The second-order valence-electron chi connectivity index (χ2n) is 11.3. The molecule has 234 valence electrons. The lowest BCUT2D eigenvalue weighted by Gasteiger charge is -2.21. The molecule has 0 saturated heterocycles. The van der Waals surface area contributed by atoms with Crippen LogP contribution in [0.4, 0.5) is 14.5 Å². The second-order valence-corrected chi connectivity index (χ2v) is 13.3. The van der Waals surface area contributed by atoms with Gasteiger partial charge >= 0.3 is 0 Å². The molecule has 0 aliphatic heterocycles. The number of aromatic amines is 1. The number of allylic oxidation sites excluding steroid dienone is 1. The number of nitrogens with zero attached hydrogens (tertiary/aromatic N) is 2. The molecule has 0 fully saturated rings. The van der Waals surface area contributed by atoms with Gasteiger partial charge in [0.05, 0.1) is 23.2 Å². The molecule has 8 nitrogen and oxygen atoms in total. The van der Waals surface area contributed by atoms with Gasteiger partial charge in [0.25, 0.3) is 5.91 Å². The monoisotopic (exact) mass is 640 g/mol. The van der Waals surface area contributed by atoms with Gasteiger partial charge < -0.3 is 14.7 Å². The van der Waals surface area contributed by atoms with Crippen molar-refractivity contribution in [2.45, 2.75) is 13.8 Å². The maximum atomic E-state index is 14.7. The topological polar surface area (TPSA) is 108 Å². The molecule has 0 saturated carbocycles. The number of H-pyrrole nitrogens is 1. The molecular weight excluding hydrogens is 610 g/mol. The number of sulfonamides is 1. The predicted octanol–water partition coefficient (Wildman–Crippen LogP) is 7.77. The number of hydrogen-bond acceptors (Lipinski definition) is 5. The number of hydrogen-bond donors (Lipinski definition) is 2. The molecule has 1 amide bonds. The van der Waals surface area contributed by atoms with Crippen LogP contribution in [-0.4, -0.2) is 44.6 Å². The normalized spacial score (nSPS) is 11.6. The quantitative estimate of drug-likeness (QED) is 0.185. The number of carbonyl (C=O) groups is 1. The number of halogens is 2. The van der Waals surface area contributed by atoms with E-state index in [2.05, 4.69) is 10.3 Å². The van der Waals surface area contributed by atoms with Crippen molar-refractivity contribution in [2.24, 2.45) is 0 Å². The van der Waals surface area contributed by atoms with Crippen molar-refractivity contribution in [3.8, 4) is 33.8 Å². The van der Waals surface area contributed by atoms with E-state index in [1.54, 1.807) is 42.6 Å². The molecule has 2 N–H and O–H groups in total. The number of nitrogens with one attached hydrogen (secondary N) is 2. The molecule has 0 radical (unpaired) electrons. The first-order valence-electron chi connectivity index (χ1n) is 14.3. The van der Waals surface area contributed by atoms with Gasteiger partial charge in [-0.25, -0.2) is 17.2 Å². The van der Waals surface area contributed by atoms with Crippen LogP contribution in [0.25, 0.3) is 61.8 Å². The van der Waals surface area contributed by atoms with Crippen molar-refractivity contribution in [2.75, 3.05) is 24.7 Å². The fourth-order valence-corrected chi connectivity index (χ4v) is 5.98. The minimum absolute atomic E-state index is 0.200. The van der Waals surface area contributed by atoms with Gasteiger partial charge in [0, 0.05) is 70.6 Å². The Kier molecular flexibility index (Phi) is 7.73. The van der Waals surface area contributed by atoms with Crippen molar-refractivity contribution in [3.63, 3.8) is 0 Å². The molecule has 0 spiro atoms. The summed E-state index contributed by atoms with van der Waals surface area (Å²) in [5.41, 5.74) is 5.74. The summed E-state index contributed by atoms with van der Waals surface area (Å²) in [5, 5.41) is 3.48. The highest BCUT2D eigenvalue weighted by molar-refractivity contribution is 7.92. The van der Waals surface area contributed by atoms with Gasteiger partial charge in [0.15, 0.2) is 0 Å². The largest absolute Gasteiger partial charge is 0.455 e. The van der Waals surface area contributed by atoms with E-state index in [0.717, 1.165) is 21.7 Å². The number of anilines is 1. The molecule has 3 heterocycles. The van der Waals surface area contributed by atoms with Crippen molar-refractivity contribution >= 4 is 49.6 Å². The fraction of sp³-hybridized carbons (Fsp3) is 0.143. The van der Waals surface area contributed by atoms with E-state index in [0.29, 0.717) is 44.4 Å². The number of amides is 1. The smallest absolute Gasteiger partial charge is 0.255 e. The van der Waals surface area contributed by atoms with Gasteiger partial charge in [-0.3, -0.25) is 14.1 Å². The van der Waals surface area contributed by atoms with Gasteiger partial charge in [-0.2, -0.15) is 0 Å². The molecule has 6 aromatic rings. The highest BCUT2D eigenvalue weighted by Gasteiger charge is 2.27. The zero-order valence-corrected chi connectivity index (χ0v) is 26.5. The molecule has 0 unspecified atom stereocenters. The molecule has 46 heavy (non-hydrogen) atoms. The van der Waals surface area contributed by atoms with Gasteiger partial charge in [0.1, 0.15) is 23.0 Å². The van der Waals surface area contributed by atoms with Crippen LogP contribution < -0.4 is 9.62 Å². The zero-order chi connectivity index (χ0) is 32.9. The van der Waals surface area contributed by atoms with Crippen LogP contribution in [0.1, 0.15) is 29.8 Å². The van der Waals surface area contributed by atoms with E-state index >= 15 is 0 Å². The second kappa shape index (κ2) is 11.6. The third-order valence-corrected chi connectivity index (χ3v) is 8.95. The zero-order valence-electron chi connectivity index (χ0n) is 25.7. The SMILES string of the molecule is CNC(=O)c1c(-c2ccc(F)cc2)oc2cc(N(C)S(C)(=O)=O)c(-c3cc(-c4cc5c(F)cccc5[nH]4)c(C=C(C)C)cn3)cc12. The Balaban J connectivity index is 1.66. The maximum absolute atomic E-state index is 14.7. The number of pyridine rings is 1. The third-order valence-electron chi connectivity index (χ3n) is 7.76. The Morgan fingerprint density at radius 2 is 1.74 bits per heavy atom. The maximum Gasteiger partial charge on any atom is 0.255 e. The van der Waals surface area contributed by atoms with E-state index in [4.69, 9.17) is 9.40 Å². The van der Waals surface area contributed by atoms with Gasteiger partial charge in [-0.05, 0) is 68.4 Å². The first kappa shape index (κ1) is 30.7. The van der Waals surface area contributed by atoms with Crippen molar-refractivity contribution < 1.29 is 26.4 Å². The molecule has 0 aliphatic carbocycles. The minimum atomic E-state index is -3.76. The van der Waals surface area contributed by atoms with Crippen LogP contribution in [0.2, 0.25) is 0 Å². The summed E-state index contributed by atoms with van der Waals surface area (Å²) in [6, 6.07) is 17.1. The van der Waals surface area contributed by atoms with Gasteiger partial charge in [-0.15, -0.1) is 0 Å². The van der Waals surface area contributed by atoms with Crippen LogP contribution in [0.15, 0.2) is 82.9 Å². The fourth-order valence-electron chi connectivity index (χ4n) is 5.47. The van der Waals surface area contributed by atoms with E-state index in [1.807, 2.05) is 19.9 Å². The summed E-state index contributed by atoms with van der Waals surface area (Å²) in [6.45, 7) is 3.90. The summed E-state index contributed by atoms with van der Waals surface area (Å²) in [5.74, 6) is -1.05. The van der Waals surface area contributed by atoms with Gasteiger partial charge in [0.2, 0.25) is 10.0 Å². The van der Waals surface area contributed by atoms with Crippen molar-refractivity contribution in [1.82, 2.24) is 15.3 Å². The average molecular weight is 641 g/mol. The standard InChI is InChI=1S/C35H30F2N4O4S/c1-19(2)13-21-18-39-29(15-23(21)30-16-24-27(37)7-6-8-28(24)40-30)25-14-26-32(17-31(25)41(4)46(5,43)44)45-34(33(26)35(42)38-3)20-9-11-22(36)12-10-20/h6-18,40H,1-5H3,(H,38,42).